The Morgan fingerprint density at radius 3 is 2.45 bits per heavy atom. The standard InChI is InChI=1S/C24H32N4O/c1-3-24-25-21-10-6-5-9-20(21)19-28(24)18-15-26-13-16-27(17-14-26)22-11-7-8-12-23(22)29-4-2/h5-12H,3-4,13-19H2,1-2H3. The second-order valence-electron chi connectivity index (χ2n) is 7.66. The van der Waals surface area contributed by atoms with Gasteiger partial charge < -0.3 is 14.5 Å². The fourth-order valence-corrected chi connectivity index (χ4v) is 4.24. The normalized spacial score (nSPS) is 17.1. The highest BCUT2D eigenvalue weighted by Gasteiger charge is 2.22. The second kappa shape index (κ2) is 9.31. The molecule has 0 aromatic heterocycles. The first-order chi connectivity index (χ1) is 14.3. The summed E-state index contributed by atoms with van der Waals surface area (Å²) in [5, 5.41) is 0. The summed E-state index contributed by atoms with van der Waals surface area (Å²) in [5.41, 5.74) is 3.70. The summed E-state index contributed by atoms with van der Waals surface area (Å²) in [5.74, 6) is 2.22. The molecule has 2 aromatic carbocycles. The van der Waals surface area contributed by atoms with Crippen LogP contribution in [0.3, 0.4) is 0 Å². The number of para-hydroxylation sites is 3. The van der Waals surface area contributed by atoms with Crippen molar-refractivity contribution >= 4 is 17.2 Å². The van der Waals surface area contributed by atoms with E-state index in [-0.39, 0.29) is 0 Å². The molecule has 1 saturated heterocycles. The van der Waals surface area contributed by atoms with Crippen LogP contribution in [-0.4, -0.2) is 61.5 Å². The SMILES string of the molecule is CCOc1ccccc1N1CCN(CCN2Cc3ccccc3N=C2CC)CC1. The molecule has 154 valence electrons. The van der Waals surface area contributed by atoms with Crippen molar-refractivity contribution in [1.82, 2.24) is 9.80 Å². The van der Waals surface area contributed by atoms with E-state index in [1.54, 1.807) is 0 Å². The molecule has 4 rings (SSSR count). The van der Waals surface area contributed by atoms with Gasteiger partial charge in [-0.25, -0.2) is 4.99 Å². The van der Waals surface area contributed by atoms with Crippen LogP contribution >= 0.6 is 0 Å². The Kier molecular flexibility index (Phi) is 6.35. The van der Waals surface area contributed by atoms with Crippen molar-refractivity contribution in [1.29, 1.82) is 0 Å². The molecule has 29 heavy (non-hydrogen) atoms. The van der Waals surface area contributed by atoms with Gasteiger partial charge in [0.05, 0.1) is 18.0 Å². The average molecular weight is 393 g/mol. The summed E-state index contributed by atoms with van der Waals surface area (Å²) in [7, 11) is 0. The molecule has 1 fully saturated rings. The number of rotatable bonds is 7. The zero-order valence-electron chi connectivity index (χ0n) is 17.7. The van der Waals surface area contributed by atoms with E-state index in [9.17, 15) is 0 Å². The molecule has 5 nitrogen and oxygen atoms in total. The Hall–Kier alpha value is -2.53. The monoisotopic (exact) mass is 392 g/mol. The zero-order chi connectivity index (χ0) is 20.1. The molecule has 0 spiro atoms. The van der Waals surface area contributed by atoms with Gasteiger partial charge in [-0.15, -0.1) is 0 Å². The minimum atomic E-state index is 0.706. The highest BCUT2D eigenvalue weighted by molar-refractivity contribution is 5.86. The molecule has 2 aromatic rings. The summed E-state index contributed by atoms with van der Waals surface area (Å²) in [6.07, 6.45) is 0.982. The molecule has 0 unspecified atom stereocenters. The highest BCUT2D eigenvalue weighted by atomic mass is 16.5. The summed E-state index contributed by atoms with van der Waals surface area (Å²) in [6, 6.07) is 16.9. The molecule has 0 atom stereocenters. The minimum Gasteiger partial charge on any atom is -0.492 e. The highest BCUT2D eigenvalue weighted by Crippen LogP contribution is 2.29. The largest absolute Gasteiger partial charge is 0.492 e. The lowest BCUT2D eigenvalue weighted by molar-refractivity contribution is 0.229. The molecular formula is C24H32N4O. The van der Waals surface area contributed by atoms with Crippen molar-refractivity contribution < 1.29 is 4.74 Å². The minimum absolute atomic E-state index is 0.706. The summed E-state index contributed by atoms with van der Waals surface area (Å²) in [4.78, 5) is 12.4. The molecule has 2 aliphatic rings. The zero-order valence-corrected chi connectivity index (χ0v) is 17.7. The molecular weight excluding hydrogens is 360 g/mol. The van der Waals surface area contributed by atoms with Gasteiger partial charge >= 0.3 is 0 Å². The van der Waals surface area contributed by atoms with Crippen LogP contribution in [0.1, 0.15) is 25.8 Å². The molecule has 5 heteroatoms. The van der Waals surface area contributed by atoms with Crippen molar-refractivity contribution in [3.05, 3.63) is 54.1 Å². The molecule has 0 radical (unpaired) electrons. The maximum Gasteiger partial charge on any atom is 0.142 e. The third-order valence-corrected chi connectivity index (χ3v) is 5.85. The fraction of sp³-hybridized carbons (Fsp3) is 0.458. The van der Waals surface area contributed by atoms with Crippen molar-refractivity contribution in [3.63, 3.8) is 0 Å². The Bertz CT molecular complexity index is 842. The summed E-state index contributed by atoms with van der Waals surface area (Å²) < 4.78 is 5.82. The van der Waals surface area contributed by atoms with E-state index in [1.165, 1.54) is 17.1 Å². The number of amidine groups is 1. The number of hydrogen-bond donors (Lipinski definition) is 0. The number of benzene rings is 2. The third kappa shape index (κ3) is 4.56. The maximum absolute atomic E-state index is 5.82. The number of fused-ring (bicyclic) bond motifs is 1. The summed E-state index contributed by atoms with van der Waals surface area (Å²) >= 11 is 0. The molecule has 0 bridgehead atoms. The van der Waals surface area contributed by atoms with Crippen molar-refractivity contribution in [2.24, 2.45) is 4.99 Å². The first-order valence-corrected chi connectivity index (χ1v) is 10.9. The Balaban J connectivity index is 1.32. The average Bonchev–Trinajstić information content (AvgIpc) is 2.78. The van der Waals surface area contributed by atoms with Crippen LogP contribution < -0.4 is 9.64 Å². The molecule has 0 amide bonds. The molecule has 0 N–H and O–H groups in total. The number of ether oxygens (including phenoxy) is 1. The lowest BCUT2D eigenvalue weighted by Gasteiger charge is -2.38. The number of aliphatic imine (C=N–C) groups is 1. The van der Waals surface area contributed by atoms with E-state index >= 15 is 0 Å². The van der Waals surface area contributed by atoms with Crippen LogP contribution in [0.4, 0.5) is 11.4 Å². The van der Waals surface area contributed by atoms with Gasteiger partial charge in [-0.2, -0.15) is 0 Å². The first-order valence-electron chi connectivity index (χ1n) is 10.9. The number of nitrogens with zero attached hydrogens (tertiary/aromatic N) is 4. The fourth-order valence-electron chi connectivity index (χ4n) is 4.24. The molecule has 0 aliphatic carbocycles. The van der Waals surface area contributed by atoms with Gasteiger partial charge in [0.2, 0.25) is 0 Å². The first kappa shape index (κ1) is 19.8. The van der Waals surface area contributed by atoms with E-state index in [1.807, 2.05) is 13.0 Å². The lowest BCUT2D eigenvalue weighted by atomic mass is 10.1. The smallest absolute Gasteiger partial charge is 0.142 e. The van der Waals surface area contributed by atoms with Crippen LogP contribution in [-0.2, 0) is 6.54 Å². The number of anilines is 1. The van der Waals surface area contributed by atoms with Crippen LogP contribution in [0.25, 0.3) is 0 Å². The molecule has 0 saturated carbocycles. The number of hydrogen-bond acceptors (Lipinski definition) is 5. The Morgan fingerprint density at radius 2 is 1.66 bits per heavy atom. The third-order valence-electron chi connectivity index (χ3n) is 5.85. The van der Waals surface area contributed by atoms with Crippen LogP contribution in [0.15, 0.2) is 53.5 Å². The maximum atomic E-state index is 5.82. The predicted molar refractivity (Wildman–Crippen MR) is 121 cm³/mol. The van der Waals surface area contributed by atoms with Crippen molar-refractivity contribution in [3.8, 4) is 5.75 Å². The lowest BCUT2D eigenvalue weighted by Crippen LogP contribution is -2.49. The van der Waals surface area contributed by atoms with E-state index in [2.05, 4.69) is 64.1 Å². The second-order valence-corrected chi connectivity index (χ2v) is 7.66. The molecule has 2 heterocycles. The van der Waals surface area contributed by atoms with Crippen LogP contribution in [0, 0.1) is 0 Å². The Labute approximate surface area is 174 Å². The van der Waals surface area contributed by atoms with E-state index in [0.717, 1.165) is 63.7 Å². The van der Waals surface area contributed by atoms with Gasteiger partial charge in [-0.05, 0) is 30.7 Å². The van der Waals surface area contributed by atoms with E-state index in [0.29, 0.717) is 6.61 Å². The summed E-state index contributed by atoms with van der Waals surface area (Å²) in [6.45, 7) is 12.3. The molecule has 2 aliphatic heterocycles. The predicted octanol–water partition coefficient (Wildman–Crippen LogP) is 4.16. The van der Waals surface area contributed by atoms with Gasteiger partial charge in [0.15, 0.2) is 0 Å². The van der Waals surface area contributed by atoms with Gasteiger partial charge in [0.1, 0.15) is 11.6 Å². The van der Waals surface area contributed by atoms with E-state index in [4.69, 9.17) is 9.73 Å². The number of piperazine rings is 1. The van der Waals surface area contributed by atoms with Crippen LogP contribution in [0.2, 0.25) is 0 Å². The van der Waals surface area contributed by atoms with Crippen molar-refractivity contribution in [2.45, 2.75) is 26.8 Å². The van der Waals surface area contributed by atoms with E-state index < -0.39 is 0 Å². The Morgan fingerprint density at radius 1 is 0.897 bits per heavy atom. The van der Waals surface area contributed by atoms with Crippen LogP contribution in [0.5, 0.6) is 5.75 Å². The topological polar surface area (TPSA) is 31.3 Å². The quantitative estimate of drug-likeness (QED) is 0.708. The van der Waals surface area contributed by atoms with Crippen molar-refractivity contribution in [2.75, 3.05) is 50.8 Å². The van der Waals surface area contributed by atoms with Gasteiger partial charge in [0.25, 0.3) is 0 Å². The van der Waals surface area contributed by atoms with Gasteiger partial charge in [-0.1, -0.05) is 37.3 Å². The van der Waals surface area contributed by atoms with Gasteiger partial charge in [0, 0.05) is 52.2 Å². The van der Waals surface area contributed by atoms with Gasteiger partial charge in [-0.3, -0.25) is 4.90 Å².